The van der Waals surface area contributed by atoms with E-state index in [0.717, 1.165) is 0 Å². The first kappa shape index (κ1) is 9.75. The highest BCUT2D eigenvalue weighted by Gasteiger charge is 2.34. The SMILES string of the molecule is C[Si](Cl)(c1ccccc1)C1C=CC=C1. The van der Waals surface area contributed by atoms with E-state index < -0.39 is 7.38 Å². The van der Waals surface area contributed by atoms with Crippen molar-refractivity contribution in [2.75, 3.05) is 0 Å². The fraction of sp³-hybridized carbons (Fsp3) is 0.167. The van der Waals surface area contributed by atoms with Crippen molar-refractivity contribution in [2.45, 2.75) is 12.1 Å². The lowest BCUT2D eigenvalue weighted by atomic mass is 10.4. The van der Waals surface area contributed by atoms with E-state index in [1.807, 2.05) is 6.07 Å². The van der Waals surface area contributed by atoms with Crippen molar-refractivity contribution in [3.05, 3.63) is 54.6 Å². The van der Waals surface area contributed by atoms with Crippen molar-refractivity contribution in [2.24, 2.45) is 0 Å². The van der Waals surface area contributed by atoms with Crippen molar-refractivity contribution in [3.8, 4) is 0 Å². The Morgan fingerprint density at radius 1 is 1.07 bits per heavy atom. The minimum absolute atomic E-state index is 0.437. The van der Waals surface area contributed by atoms with E-state index in [1.165, 1.54) is 5.19 Å². The van der Waals surface area contributed by atoms with Gasteiger partial charge in [0.2, 0.25) is 0 Å². The Kier molecular flexibility index (Phi) is 2.61. The molecule has 0 nitrogen and oxygen atoms in total. The molecule has 0 spiro atoms. The van der Waals surface area contributed by atoms with E-state index in [9.17, 15) is 0 Å². The molecule has 0 heterocycles. The highest BCUT2D eigenvalue weighted by atomic mass is 35.6. The lowest BCUT2D eigenvalue weighted by Crippen LogP contribution is -2.42. The first-order valence-electron chi connectivity index (χ1n) is 4.81. The maximum Gasteiger partial charge on any atom is 0.194 e. The Balaban J connectivity index is 2.32. The average Bonchev–Trinajstić information content (AvgIpc) is 2.72. The molecule has 14 heavy (non-hydrogen) atoms. The summed E-state index contributed by atoms with van der Waals surface area (Å²) in [5.41, 5.74) is 0.437. The molecule has 1 aliphatic rings. The first-order chi connectivity index (χ1) is 6.71. The smallest absolute Gasteiger partial charge is 0.160 e. The Morgan fingerprint density at radius 2 is 1.64 bits per heavy atom. The molecule has 1 unspecified atom stereocenters. The second kappa shape index (κ2) is 3.75. The fourth-order valence-corrected chi connectivity index (χ4v) is 4.74. The zero-order chi connectivity index (χ0) is 10.0. The Bertz CT molecular complexity index is 353. The Morgan fingerprint density at radius 3 is 2.21 bits per heavy atom. The molecule has 2 heteroatoms. The van der Waals surface area contributed by atoms with Gasteiger partial charge in [-0.2, -0.15) is 11.1 Å². The molecule has 0 aliphatic heterocycles. The number of hydrogen-bond acceptors (Lipinski definition) is 0. The van der Waals surface area contributed by atoms with Gasteiger partial charge in [0.05, 0.1) is 0 Å². The maximum atomic E-state index is 6.70. The van der Waals surface area contributed by atoms with Gasteiger partial charge in [-0.3, -0.25) is 0 Å². The number of allylic oxidation sites excluding steroid dienone is 4. The summed E-state index contributed by atoms with van der Waals surface area (Å²) in [6.07, 6.45) is 8.57. The zero-order valence-corrected chi connectivity index (χ0v) is 9.91. The number of benzene rings is 1. The summed E-state index contributed by atoms with van der Waals surface area (Å²) in [5.74, 6) is 0. The number of rotatable bonds is 2. The quantitative estimate of drug-likeness (QED) is 0.531. The van der Waals surface area contributed by atoms with Gasteiger partial charge in [0.15, 0.2) is 7.38 Å². The van der Waals surface area contributed by atoms with Crippen LogP contribution < -0.4 is 5.19 Å². The van der Waals surface area contributed by atoms with E-state index in [4.69, 9.17) is 11.1 Å². The molecule has 0 bridgehead atoms. The van der Waals surface area contributed by atoms with Gasteiger partial charge >= 0.3 is 0 Å². The van der Waals surface area contributed by atoms with Gasteiger partial charge in [0.1, 0.15) is 0 Å². The molecule has 1 aromatic rings. The lowest BCUT2D eigenvalue weighted by Gasteiger charge is -2.24. The Hall–Kier alpha value is -0.793. The summed E-state index contributed by atoms with van der Waals surface area (Å²) in [4.78, 5) is 0. The van der Waals surface area contributed by atoms with E-state index in [-0.39, 0.29) is 0 Å². The summed E-state index contributed by atoms with van der Waals surface area (Å²) in [5, 5.41) is 1.31. The van der Waals surface area contributed by atoms with Gasteiger partial charge in [0, 0.05) is 5.54 Å². The molecule has 1 aromatic carbocycles. The summed E-state index contributed by atoms with van der Waals surface area (Å²) >= 11 is 6.70. The molecular formula is C12H13ClSi. The largest absolute Gasteiger partial charge is 0.194 e. The second-order valence-electron chi connectivity index (χ2n) is 3.74. The number of hydrogen-bond donors (Lipinski definition) is 0. The van der Waals surface area contributed by atoms with Crippen LogP contribution in [0.3, 0.4) is 0 Å². The van der Waals surface area contributed by atoms with E-state index >= 15 is 0 Å². The highest BCUT2D eigenvalue weighted by Crippen LogP contribution is 2.31. The van der Waals surface area contributed by atoms with Crippen molar-refractivity contribution in [1.29, 1.82) is 0 Å². The van der Waals surface area contributed by atoms with Gasteiger partial charge < -0.3 is 0 Å². The van der Waals surface area contributed by atoms with Gasteiger partial charge in [0.25, 0.3) is 0 Å². The van der Waals surface area contributed by atoms with Crippen LogP contribution >= 0.6 is 11.1 Å². The van der Waals surface area contributed by atoms with Crippen LogP contribution in [-0.4, -0.2) is 7.38 Å². The van der Waals surface area contributed by atoms with Gasteiger partial charge in [-0.25, -0.2) is 0 Å². The van der Waals surface area contributed by atoms with Crippen LogP contribution in [0.4, 0.5) is 0 Å². The van der Waals surface area contributed by atoms with E-state index in [2.05, 4.69) is 55.1 Å². The Labute approximate surface area is 90.6 Å². The second-order valence-corrected chi connectivity index (χ2v) is 9.49. The molecule has 0 N–H and O–H groups in total. The van der Waals surface area contributed by atoms with Crippen LogP contribution in [0.5, 0.6) is 0 Å². The normalized spacial score (nSPS) is 19.9. The van der Waals surface area contributed by atoms with Crippen LogP contribution in [0.1, 0.15) is 0 Å². The molecule has 72 valence electrons. The minimum atomic E-state index is -1.85. The van der Waals surface area contributed by atoms with Gasteiger partial charge in [-0.15, -0.1) is 0 Å². The molecule has 0 saturated carbocycles. The van der Waals surface area contributed by atoms with Crippen molar-refractivity contribution in [1.82, 2.24) is 0 Å². The molecule has 2 rings (SSSR count). The van der Waals surface area contributed by atoms with Crippen molar-refractivity contribution in [3.63, 3.8) is 0 Å². The molecule has 0 aromatic heterocycles. The molecular weight excluding hydrogens is 208 g/mol. The predicted octanol–water partition coefficient (Wildman–Crippen LogP) is 3.20. The maximum absolute atomic E-state index is 6.70. The third kappa shape index (κ3) is 1.70. The molecule has 0 amide bonds. The van der Waals surface area contributed by atoms with Crippen molar-refractivity contribution >= 4 is 23.6 Å². The topological polar surface area (TPSA) is 0 Å². The molecule has 0 fully saturated rings. The summed E-state index contributed by atoms with van der Waals surface area (Å²) < 4.78 is 0. The molecule has 0 saturated heterocycles. The van der Waals surface area contributed by atoms with Crippen LogP contribution in [-0.2, 0) is 0 Å². The summed E-state index contributed by atoms with van der Waals surface area (Å²) in [6, 6.07) is 10.4. The third-order valence-electron chi connectivity index (χ3n) is 2.71. The minimum Gasteiger partial charge on any atom is -0.160 e. The van der Waals surface area contributed by atoms with Crippen LogP contribution in [0.25, 0.3) is 0 Å². The average molecular weight is 221 g/mol. The fourth-order valence-electron chi connectivity index (χ4n) is 1.75. The van der Waals surface area contributed by atoms with Crippen LogP contribution in [0.15, 0.2) is 54.6 Å². The monoisotopic (exact) mass is 220 g/mol. The molecule has 1 aliphatic carbocycles. The van der Waals surface area contributed by atoms with Gasteiger partial charge in [-0.1, -0.05) is 61.2 Å². The van der Waals surface area contributed by atoms with Crippen LogP contribution in [0, 0.1) is 0 Å². The predicted molar refractivity (Wildman–Crippen MR) is 65.6 cm³/mol. The highest BCUT2D eigenvalue weighted by molar-refractivity contribution is 7.27. The first-order valence-corrected chi connectivity index (χ1v) is 8.39. The third-order valence-corrected chi connectivity index (χ3v) is 7.22. The molecule has 1 atom stereocenters. The summed E-state index contributed by atoms with van der Waals surface area (Å²) in [7, 11) is -1.85. The number of halogens is 1. The summed E-state index contributed by atoms with van der Waals surface area (Å²) in [6.45, 7) is 2.20. The van der Waals surface area contributed by atoms with Crippen LogP contribution in [0.2, 0.25) is 12.1 Å². The zero-order valence-electron chi connectivity index (χ0n) is 8.15. The van der Waals surface area contributed by atoms with Crippen molar-refractivity contribution < 1.29 is 0 Å². The molecule has 0 radical (unpaired) electrons. The lowest BCUT2D eigenvalue weighted by molar-refractivity contribution is 1.35. The van der Waals surface area contributed by atoms with Gasteiger partial charge in [-0.05, 0) is 5.19 Å². The van der Waals surface area contributed by atoms with E-state index in [1.54, 1.807) is 0 Å². The standard InChI is InChI=1S/C12H13ClSi/c1-14(13,12-9-5-6-10-12)11-7-3-2-4-8-11/h2-10,12H,1H3. The van der Waals surface area contributed by atoms with E-state index in [0.29, 0.717) is 5.54 Å².